The molecule has 5 heteroatoms. The van der Waals surface area contributed by atoms with Crippen LogP contribution in [0.15, 0.2) is 16.8 Å². The minimum atomic E-state index is -0.496. The van der Waals surface area contributed by atoms with Crippen molar-refractivity contribution in [3.8, 4) is 0 Å². The summed E-state index contributed by atoms with van der Waals surface area (Å²) < 4.78 is 0. The summed E-state index contributed by atoms with van der Waals surface area (Å²) >= 11 is 8.88. The van der Waals surface area contributed by atoms with Crippen molar-refractivity contribution in [2.75, 3.05) is 0 Å². The van der Waals surface area contributed by atoms with Crippen LogP contribution in [0.2, 0.25) is 5.02 Å². The molecule has 2 aromatic heterocycles. The van der Waals surface area contributed by atoms with E-state index in [0.29, 0.717) is 11.4 Å². The Labute approximate surface area is 101 Å². The average molecular weight is 260 g/mol. The van der Waals surface area contributed by atoms with Crippen LogP contribution in [0.5, 0.6) is 0 Å². The van der Waals surface area contributed by atoms with Crippen LogP contribution < -0.4 is 0 Å². The van der Waals surface area contributed by atoms with Crippen molar-refractivity contribution in [3.63, 3.8) is 0 Å². The molecule has 0 aliphatic carbocycles. The number of rotatable bonds is 3. The molecule has 0 aliphatic rings. The zero-order chi connectivity index (χ0) is 10.8. The van der Waals surface area contributed by atoms with Gasteiger partial charge in [0.25, 0.3) is 0 Å². The lowest BCUT2D eigenvalue weighted by molar-refractivity contribution is 0.181. The van der Waals surface area contributed by atoms with Gasteiger partial charge in [0.1, 0.15) is 0 Å². The second-order valence-corrected chi connectivity index (χ2v) is 5.69. The van der Waals surface area contributed by atoms with Crippen molar-refractivity contribution < 1.29 is 5.11 Å². The van der Waals surface area contributed by atoms with Gasteiger partial charge < -0.3 is 5.11 Å². The number of aromatic nitrogens is 1. The van der Waals surface area contributed by atoms with Gasteiger partial charge in [-0.25, -0.2) is 4.98 Å². The van der Waals surface area contributed by atoms with Crippen LogP contribution in [-0.2, 0) is 6.42 Å². The number of aryl methyl sites for hydroxylation is 1. The highest BCUT2D eigenvalue weighted by Crippen LogP contribution is 2.27. The summed E-state index contributed by atoms with van der Waals surface area (Å²) in [6.07, 6.45) is 0.0604. The maximum atomic E-state index is 9.91. The molecule has 0 saturated heterocycles. The molecule has 0 saturated carbocycles. The van der Waals surface area contributed by atoms with Gasteiger partial charge in [-0.1, -0.05) is 11.6 Å². The number of aliphatic hydroxyl groups excluding tert-OH is 1. The monoisotopic (exact) mass is 259 g/mol. The van der Waals surface area contributed by atoms with Crippen molar-refractivity contribution >= 4 is 34.3 Å². The van der Waals surface area contributed by atoms with E-state index in [0.717, 1.165) is 15.6 Å². The van der Waals surface area contributed by atoms with Gasteiger partial charge in [-0.2, -0.15) is 0 Å². The second-order valence-electron chi connectivity index (χ2n) is 3.25. The first-order valence-corrected chi connectivity index (χ1v) is 6.62. The fourth-order valence-electron chi connectivity index (χ4n) is 1.30. The van der Waals surface area contributed by atoms with Gasteiger partial charge in [-0.15, -0.1) is 22.7 Å². The molecule has 80 valence electrons. The molecular weight excluding hydrogens is 250 g/mol. The molecule has 0 amide bonds. The average Bonchev–Trinajstić information content (AvgIpc) is 2.75. The fraction of sp³-hybridized carbons (Fsp3) is 0.300. The Morgan fingerprint density at radius 3 is 2.80 bits per heavy atom. The van der Waals surface area contributed by atoms with Crippen LogP contribution in [0, 0.1) is 6.92 Å². The third-order valence-electron chi connectivity index (χ3n) is 1.99. The summed E-state index contributed by atoms with van der Waals surface area (Å²) in [6, 6.07) is 1.80. The van der Waals surface area contributed by atoms with Crippen LogP contribution in [0.25, 0.3) is 0 Å². The van der Waals surface area contributed by atoms with Gasteiger partial charge in [-0.3, -0.25) is 0 Å². The summed E-state index contributed by atoms with van der Waals surface area (Å²) in [6.45, 7) is 1.96. The predicted molar refractivity (Wildman–Crippen MR) is 64.8 cm³/mol. The molecule has 0 aliphatic heterocycles. The third-order valence-corrected chi connectivity index (χ3v) is 4.19. The van der Waals surface area contributed by atoms with E-state index >= 15 is 0 Å². The predicted octanol–water partition coefficient (Wildman–Crippen LogP) is 3.44. The number of thiophene rings is 1. The molecular formula is C10H10ClNOS2. The molecule has 2 aromatic rings. The molecule has 2 nitrogen and oxygen atoms in total. The first-order chi connectivity index (χ1) is 7.15. The Morgan fingerprint density at radius 2 is 2.27 bits per heavy atom. The summed E-state index contributed by atoms with van der Waals surface area (Å²) in [5, 5.41) is 15.4. The van der Waals surface area contributed by atoms with E-state index < -0.39 is 6.10 Å². The highest BCUT2D eigenvalue weighted by Gasteiger charge is 2.12. The maximum Gasteiger partial charge on any atom is 0.0938 e. The number of halogens is 1. The molecule has 0 fully saturated rings. The Bertz CT molecular complexity index is 452. The molecule has 0 radical (unpaired) electrons. The number of aliphatic hydroxyl groups is 1. The molecule has 0 spiro atoms. The molecule has 1 N–H and O–H groups in total. The Kier molecular flexibility index (Phi) is 3.41. The van der Waals surface area contributed by atoms with E-state index in [4.69, 9.17) is 11.6 Å². The standard InChI is InChI=1S/C10H10ClNOS2/c1-6-12-8(5-14-6)3-9(13)10-2-7(11)4-15-10/h2,4-5,9,13H,3H2,1H3. The summed E-state index contributed by atoms with van der Waals surface area (Å²) in [7, 11) is 0. The van der Waals surface area contributed by atoms with Crippen molar-refractivity contribution in [2.45, 2.75) is 19.4 Å². The number of nitrogens with zero attached hydrogens (tertiary/aromatic N) is 1. The quantitative estimate of drug-likeness (QED) is 0.916. The first-order valence-electron chi connectivity index (χ1n) is 4.48. The number of hydrogen-bond donors (Lipinski definition) is 1. The highest BCUT2D eigenvalue weighted by molar-refractivity contribution is 7.10. The Morgan fingerprint density at radius 1 is 1.47 bits per heavy atom. The fourth-order valence-corrected chi connectivity index (χ4v) is 3.00. The second kappa shape index (κ2) is 4.61. The minimum absolute atomic E-state index is 0.496. The normalized spacial score (nSPS) is 13.0. The van der Waals surface area contributed by atoms with Crippen LogP contribution in [-0.4, -0.2) is 10.1 Å². The smallest absolute Gasteiger partial charge is 0.0938 e. The lowest BCUT2D eigenvalue weighted by atomic mass is 10.2. The van der Waals surface area contributed by atoms with E-state index in [9.17, 15) is 5.11 Å². The van der Waals surface area contributed by atoms with Crippen LogP contribution in [0.1, 0.15) is 21.7 Å². The van der Waals surface area contributed by atoms with Crippen LogP contribution >= 0.6 is 34.3 Å². The van der Waals surface area contributed by atoms with Gasteiger partial charge in [0, 0.05) is 22.1 Å². The summed E-state index contributed by atoms with van der Waals surface area (Å²) in [5.74, 6) is 0. The Hall–Kier alpha value is -0.420. The maximum absolute atomic E-state index is 9.91. The molecule has 1 unspecified atom stereocenters. The number of thiazole rings is 1. The summed E-state index contributed by atoms with van der Waals surface area (Å²) in [5.41, 5.74) is 0.939. The van der Waals surface area contributed by atoms with E-state index in [1.165, 1.54) is 11.3 Å². The van der Waals surface area contributed by atoms with Crippen LogP contribution in [0.3, 0.4) is 0 Å². The van der Waals surface area contributed by atoms with Gasteiger partial charge in [0.15, 0.2) is 0 Å². The van der Waals surface area contributed by atoms with Gasteiger partial charge in [-0.05, 0) is 13.0 Å². The van der Waals surface area contributed by atoms with Crippen molar-refractivity contribution in [3.05, 3.63) is 37.4 Å². The van der Waals surface area contributed by atoms with Gasteiger partial charge in [0.2, 0.25) is 0 Å². The van der Waals surface area contributed by atoms with E-state index in [-0.39, 0.29) is 0 Å². The molecule has 15 heavy (non-hydrogen) atoms. The molecule has 1 atom stereocenters. The topological polar surface area (TPSA) is 33.1 Å². The molecule has 2 heterocycles. The van der Waals surface area contributed by atoms with E-state index in [1.807, 2.05) is 17.7 Å². The van der Waals surface area contributed by atoms with E-state index in [1.54, 1.807) is 17.4 Å². The molecule has 0 bridgehead atoms. The van der Waals surface area contributed by atoms with Crippen molar-refractivity contribution in [1.29, 1.82) is 0 Å². The summed E-state index contributed by atoms with van der Waals surface area (Å²) in [4.78, 5) is 5.21. The van der Waals surface area contributed by atoms with Crippen LogP contribution in [0.4, 0.5) is 0 Å². The largest absolute Gasteiger partial charge is 0.387 e. The molecule has 0 aromatic carbocycles. The first kappa shape index (κ1) is 11.1. The SMILES string of the molecule is Cc1nc(CC(O)c2cc(Cl)cs2)cs1. The van der Waals surface area contributed by atoms with Crippen molar-refractivity contribution in [1.82, 2.24) is 4.98 Å². The lowest BCUT2D eigenvalue weighted by Crippen LogP contribution is -1.99. The minimum Gasteiger partial charge on any atom is -0.387 e. The highest BCUT2D eigenvalue weighted by atomic mass is 35.5. The van der Waals surface area contributed by atoms with Gasteiger partial charge in [0.05, 0.1) is 21.8 Å². The lowest BCUT2D eigenvalue weighted by Gasteiger charge is -2.05. The number of hydrogen-bond acceptors (Lipinski definition) is 4. The molecule has 2 rings (SSSR count). The van der Waals surface area contributed by atoms with Gasteiger partial charge >= 0.3 is 0 Å². The van der Waals surface area contributed by atoms with E-state index in [2.05, 4.69) is 4.98 Å². The zero-order valence-electron chi connectivity index (χ0n) is 8.11. The Balaban J connectivity index is 2.06. The third kappa shape index (κ3) is 2.78. The zero-order valence-corrected chi connectivity index (χ0v) is 10.5. The van der Waals surface area contributed by atoms with Crippen molar-refractivity contribution in [2.24, 2.45) is 0 Å².